The highest BCUT2D eigenvalue weighted by molar-refractivity contribution is 9.10. The van der Waals surface area contributed by atoms with Crippen LogP contribution in [0, 0.1) is 0 Å². The van der Waals surface area contributed by atoms with Gasteiger partial charge in [0.25, 0.3) is 0 Å². The van der Waals surface area contributed by atoms with Gasteiger partial charge in [0.1, 0.15) is 5.82 Å². The largest absolute Gasteiger partial charge is 0.369 e. The van der Waals surface area contributed by atoms with Gasteiger partial charge >= 0.3 is 0 Å². The molecule has 0 radical (unpaired) electrons. The molecule has 88 valence electrons. The molecule has 0 amide bonds. The highest BCUT2D eigenvalue weighted by Gasteiger charge is 2.11. The van der Waals surface area contributed by atoms with Gasteiger partial charge in [-0.2, -0.15) is 0 Å². The molecule has 1 aromatic heterocycles. The molecule has 1 aliphatic carbocycles. The van der Waals surface area contributed by atoms with Crippen LogP contribution in [-0.4, -0.2) is 11.5 Å². The summed E-state index contributed by atoms with van der Waals surface area (Å²) in [7, 11) is 0. The number of rotatable bonds is 0. The highest BCUT2D eigenvalue weighted by Crippen LogP contribution is 2.26. The molecule has 1 saturated carbocycles. The van der Waals surface area contributed by atoms with Gasteiger partial charge in [0.2, 0.25) is 0 Å². The Hall–Kier alpha value is -1.09. The minimum Gasteiger partial charge on any atom is -0.369 e. The van der Waals surface area contributed by atoms with Crippen LogP contribution >= 0.6 is 15.9 Å². The summed E-state index contributed by atoms with van der Waals surface area (Å²) in [6.45, 7) is 1.01. The quantitative estimate of drug-likeness (QED) is 0.789. The van der Waals surface area contributed by atoms with E-state index in [1.165, 1.54) is 30.2 Å². The van der Waals surface area contributed by atoms with Gasteiger partial charge in [-0.3, -0.25) is 0 Å². The van der Waals surface area contributed by atoms with Crippen LogP contribution in [0.1, 0.15) is 24.8 Å². The molecule has 4 rings (SSSR count). The number of benzene rings is 1. The van der Waals surface area contributed by atoms with Crippen molar-refractivity contribution in [1.29, 1.82) is 0 Å². The van der Waals surface area contributed by atoms with Gasteiger partial charge in [-0.15, -0.1) is 0 Å². The maximum atomic E-state index is 4.58. The summed E-state index contributed by atoms with van der Waals surface area (Å²) >= 11 is 3.45. The smallest absolute Gasteiger partial charge is 0.129 e. The Morgan fingerprint density at radius 1 is 1.12 bits per heavy atom. The maximum absolute atomic E-state index is 4.58. The first kappa shape index (κ1) is 11.0. The SMILES string of the molecule is Brc1ccc2cc3c(nc2c1)NCC3.C1CC1. The molecule has 0 saturated heterocycles. The second-order valence-corrected chi connectivity index (χ2v) is 5.49. The van der Waals surface area contributed by atoms with Gasteiger partial charge in [0.05, 0.1) is 5.52 Å². The van der Waals surface area contributed by atoms with Crippen LogP contribution < -0.4 is 5.32 Å². The Balaban J connectivity index is 0.000000264. The van der Waals surface area contributed by atoms with Crippen LogP contribution in [-0.2, 0) is 6.42 Å². The number of pyridine rings is 1. The first-order valence-corrected chi connectivity index (χ1v) is 6.95. The summed E-state index contributed by atoms with van der Waals surface area (Å²) in [5.74, 6) is 1.05. The second-order valence-electron chi connectivity index (χ2n) is 4.57. The lowest BCUT2D eigenvalue weighted by atomic mass is 10.1. The summed E-state index contributed by atoms with van der Waals surface area (Å²) < 4.78 is 1.08. The van der Waals surface area contributed by atoms with E-state index in [0.717, 1.165) is 28.8 Å². The van der Waals surface area contributed by atoms with Gasteiger partial charge in [-0.25, -0.2) is 4.98 Å². The molecule has 2 aliphatic rings. The molecule has 1 aromatic carbocycles. The van der Waals surface area contributed by atoms with Crippen LogP contribution in [0.25, 0.3) is 10.9 Å². The number of aromatic nitrogens is 1. The minimum atomic E-state index is 1.01. The topological polar surface area (TPSA) is 24.9 Å². The van der Waals surface area contributed by atoms with Crippen LogP contribution in [0.5, 0.6) is 0 Å². The molecule has 2 aromatic rings. The fraction of sp³-hybridized carbons (Fsp3) is 0.357. The van der Waals surface area contributed by atoms with E-state index >= 15 is 0 Å². The molecule has 1 N–H and O–H groups in total. The Labute approximate surface area is 110 Å². The normalized spacial score (nSPS) is 15.8. The van der Waals surface area contributed by atoms with E-state index in [9.17, 15) is 0 Å². The third-order valence-electron chi connectivity index (χ3n) is 2.90. The van der Waals surface area contributed by atoms with E-state index in [1.807, 2.05) is 0 Å². The van der Waals surface area contributed by atoms with Crippen molar-refractivity contribution >= 4 is 32.7 Å². The first-order chi connectivity index (χ1) is 8.33. The molecule has 17 heavy (non-hydrogen) atoms. The van der Waals surface area contributed by atoms with Crippen molar-refractivity contribution in [1.82, 2.24) is 4.98 Å². The number of fused-ring (bicyclic) bond motifs is 2. The molecule has 0 unspecified atom stereocenters. The van der Waals surface area contributed by atoms with Crippen molar-refractivity contribution in [3.63, 3.8) is 0 Å². The lowest BCUT2D eigenvalue weighted by molar-refractivity contribution is 1.11. The monoisotopic (exact) mass is 290 g/mol. The fourth-order valence-electron chi connectivity index (χ4n) is 1.84. The third kappa shape index (κ3) is 2.60. The summed E-state index contributed by atoms with van der Waals surface area (Å²) in [5.41, 5.74) is 2.38. The Morgan fingerprint density at radius 2 is 1.94 bits per heavy atom. The van der Waals surface area contributed by atoms with Crippen molar-refractivity contribution in [3.8, 4) is 0 Å². The maximum Gasteiger partial charge on any atom is 0.129 e. The Morgan fingerprint density at radius 3 is 2.71 bits per heavy atom. The van der Waals surface area contributed by atoms with Gasteiger partial charge in [0, 0.05) is 16.4 Å². The molecule has 1 aliphatic heterocycles. The number of nitrogens with zero attached hydrogens (tertiary/aromatic N) is 1. The van der Waals surface area contributed by atoms with E-state index in [0.29, 0.717) is 0 Å². The number of anilines is 1. The van der Waals surface area contributed by atoms with Crippen molar-refractivity contribution in [3.05, 3.63) is 34.3 Å². The number of hydrogen-bond acceptors (Lipinski definition) is 2. The van der Waals surface area contributed by atoms with Crippen LogP contribution in [0.4, 0.5) is 5.82 Å². The van der Waals surface area contributed by atoms with Gasteiger partial charge in [-0.05, 0) is 30.2 Å². The molecule has 2 nitrogen and oxygen atoms in total. The highest BCUT2D eigenvalue weighted by atomic mass is 79.9. The second kappa shape index (κ2) is 4.65. The Kier molecular flexibility index (Phi) is 3.02. The first-order valence-electron chi connectivity index (χ1n) is 6.16. The Bertz CT molecular complexity index is 546. The van der Waals surface area contributed by atoms with E-state index in [-0.39, 0.29) is 0 Å². The van der Waals surface area contributed by atoms with Crippen molar-refractivity contribution < 1.29 is 0 Å². The molecular formula is C14H15BrN2. The average molecular weight is 291 g/mol. The standard InChI is InChI=1S/C11H9BrN2.C3H6/c12-9-2-1-7-5-8-3-4-13-11(8)14-10(7)6-9;1-2-3-1/h1-2,5-6H,3-4H2,(H,13,14);1-3H2. The van der Waals surface area contributed by atoms with E-state index in [1.54, 1.807) is 0 Å². The molecule has 1 fully saturated rings. The predicted octanol–water partition coefficient (Wildman–Crippen LogP) is 4.14. The molecule has 2 heterocycles. The van der Waals surface area contributed by atoms with Gasteiger partial charge in [0.15, 0.2) is 0 Å². The zero-order valence-electron chi connectivity index (χ0n) is 9.67. The molecule has 0 bridgehead atoms. The van der Waals surface area contributed by atoms with Gasteiger partial charge < -0.3 is 5.32 Å². The summed E-state index contributed by atoms with van der Waals surface area (Å²) in [4.78, 5) is 4.58. The fourth-order valence-corrected chi connectivity index (χ4v) is 2.19. The third-order valence-corrected chi connectivity index (χ3v) is 3.39. The number of nitrogens with one attached hydrogen (secondary N) is 1. The predicted molar refractivity (Wildman–Crippen MR) is 75.5 cm³/mol. The van der Waals surface area contributed by atoms with Crippen molar-refractivity contribution in [2.45, 2.75) is 25.7 Å². The lowest BCUT2D eigenvalue weighted by Crippen LogP contribution is -1.93. The summed E-state index contributed by atoms with van der Waals surface area (Å²) in [6.07, 6.45) is 5.59. The molecular weight excluding hydrogens is 276 g/mol. The molecule has 3 heteroatoms. The number of halogens is 1. The lowest BCUT2D eigenvalue weighted by Gasteiger charge is -2.02. The van der Waals surface area contributed by atoms with Crippen LogP contribution in [0.2, 0.25) is 0 Å². The van der Waals surface area contributed by atoms with Crippen molar-refractivity contribution in [2.24, 2.45) is 0 Å². The van der Waals surface area contributed by atoms with Crippen molar-refractivity contribution in [2.75, 3.05) is 11.9 Å². The number of hydrogen-bond donors (Lipinski definition) is 1. The van der Waals surface area contributed by atoms with E-state index in [4.69, 9.17) is 0 Å². The molecule has 0 spiro atoms. The van der Waals surface area contributed by atoms with Crippen LogP contribution in [0.3, 0.4) is 0 Å². The molecule has 0 atom stereocenters. The zero-order chi connectivity index (χ0) is 11.7. The zero-order valence-corrected chi connectivity index (χ0v) is 11.3. The van der Waals surface area contributed by atoms with Crippen LogP contribution in [0.15, 0.2) is 28.7 Å². The average Bonchev–Trinajstić information content (AvgIpc) is 3.13. The summed E-state index contributed by atoms with van der Waals surface area (Å²) in [5, 5.41) is 4.50. The summed E-state index contributed by atoms with van der Waals surface area (Å²) in [6, 6.07) is 8.43. The van der Waals surface area contributed by atoms with Gasteiger partial charge in [-0.1, -0.05) is 41.3 Å². The minimum absolute atomic E-state index is 1.01. The van der Waals surface area contributed by atoms with E-state index in [2.05, 4.69) is 50.5 Å². The van der Waals surface area contributed by atoms with E-state index < -0.39 is 0 Å².